The molecular weight excluding hydrogens is 290 g/mol. The molecule has 1 fully saturated rings. The third kappa shape index (κ3) is 3.50. The Morgan fingerprint density at radius 1 is 1.32 bits per heavy atom. The smallest absolute Gasteiger partial charge is 0.416 e. The van der Waals surface area contributed by atoms with Crippen LogP contribution in [0, 0.1) is 5.82 Å². The molecule has 1 aromatic carbocycles. The summed E-state index contributed by atoms with van der Waals surface area (Å²) in [7, 11) is 0. The molecule has 0 radical (unpaired) electrons. The fourth-order valence-electron chi connectivity index (χ4n) is 1.75. The van der Waals surface area contributed by atoms with E-state index in [2.05, 4.69) is 10.1 Å². The van der Waals surface area contributed by atoms with Crippen LogP contribution in [-0.4, -0.2) is 12.7 Å². The van der Waals surface area contributed by atoms with Gasteiger partial charge in [0.25, 0.3) is 0 Å². The number of carbonyl (C=O) groups excluding carboxylic acids is 1. The van der Waals surface area contributed by atoms with E-state index in [9.17, 15) is 22.4 Å². The fourth-order valence-corrected chi connectivity index (χ4v) is 1.75. The number of hydrogen-bond acceptors (Lipinski definition) is 2. The standard InChI is InChI=1S/C11H9F4NO2.ClH/c12-8-2-1-6(11(13,14)15)5-7(8)9-3-4-18-10(17)16-9;/h1-2,5,9H,3-4H2,(H,16,17);1H/t9-;/m1./s1. The van der Waals surface area contributed by atoms with Crippen molar-refractivity contribution in [3.8, 4) is 0 Å². The molecule has 3 nitrogen and oxygen atoms in total. The minimum Gasteiger partial charge on any atom is -0.449 e. The molecular formula is C11H10ClF4NO2. The summed E-state index contributed by atoms with van der Waals surface area (Å²) in [4.78, 5) is 11.0. The second kappa shape index (κ2) is 5.64. The van der Waals surface area contributed by atoms with E-state index in [1.54, 1.807) is 0 Å². The van der Waals surface area contributed by atoms with Crippen LogP contribution in [0.5, 0.6) is 0 Å². The molecule has 1 amide bonds. The number of rotatable bonds is 1. The number of nitrogens with one attached hydrogen (secondary N) is 1. The van der Waals surface area contributed by atoms with E-state index in [1.165, 1.54) is 0 Å². The van der Waals surface area contributed by atoms with Crippen molar-refractivity contribution >= 4 is 18.5 Å². The van der Waals surface area contributed by atoms with Gasteiger partial charge in [-0.25, -0.2) is 9.18 Å². The number of cyclic esters (lactones) is 1. The van der Waals surface area contributed by atoms with Crippen LogP contribution in [0.25, 0.3) is 0 Å². The molecule has 0 bridgehead atoms. The van der Waals surface area contributed by atoms with Crippen molar-refractivity contribution in [2.24, 2.45) is 0 Å². The molecule has 0 aliphatic carbocycles. The van der Waals surface area contributed by atoms with Gasteiger partial charge in [0.15, 0.2) is 0 Å². The predicted molar refractivity (Wildman–Crippen MR) is 60.5 cm³/mol. The van der Waals surface area contributed by atoms with Gasteiger partial charge in [0.05, 0.1) is 18.2 Å². The zero-order chi connectivity index (χ0) is 13.3. The number of alkyl carbamates (subject to hydrolysis) is 1. The summed E-state index contributed by atoms with van der Waals surface area (Å²) in [5, 5.41) is 2.28. The van der Waals surface area contributed by atoms with Gasteiger partial charge in [-0.15, -0.1) is 12.4 Å². The summed E-state index contributed by atoms with van der Waals surface area (Å²) < 4.78 is 55.6. The minimum atomic E-state index is -4.54. The Morgan fingerprint density at radius 3 is 2.58 bits per heavy atom. The van der Waals surface area contributed by atoms with Crippen LogP contribution in [0.4, 0.5) is 22.4 Å². The van der Waals surface area contributed by atoms with Gasteiger partial charge < -0.3 is 10.1 Å². The van der Waals surface area contributed by atoms with E-state index in [0.717, 1.165) is 6.07 Å². The van der Waals surface area contributed by atoms with Gasteiger partial charge in [0.1, 0.15) is 5.82 Å². The first kappa shape index (κ1) is 15.6. The Balaban J connectivity index is 0.00000180. The maximum atomic E-state index is 13.5. The van der Waals surface area contributed by atoms with Gasteiger partial charge in [0.2, 0.25) is 0 Å². The second-order valence-electron chi connectivity index (χ2n) is 3.86. The molecule has 1 N–H and O–H groups in total. The lowest BCUT2D eigenvalue weighted by atomic mass is 10.00. The Morgan fingerprint density at radius 2 is 2.00 bits per heavy atom. The molecule has 0 spiro atoms. The van der Waals surface area contributed by atoms with Crippen LogP contribution < -0.4 is 5.32 Å². The first-order chi connectivity index (χ1) is 8.38. The number of carbonyl (C=O) groups is 1. The van der Waals surface area contributed by atoms with Crippen LogP contribution in [0.1, 0.15) is 23.6 Å². The number of hydrogen-bond donors (Lipinski definition) is 1. The number of halogens is 5. The van der Waals surface area contributed by atoms with Crippen molar-refractivity contribution in [3.63, 3.8) is 0 Å². The Labute approximate surface area is 112 Å². The molecule has 1 aliphatic heterocycles. The highest BCUT2D eigenvalue weighted by Crippen LogP contribution is 2.33. The normalized spacial score (nSPS) is 19.2. The highest BCUT2D eigenvalue weighted by Gasteiger charge is 2.32. The van der Waals surface area contributed by atoms with Crippen molar-refractivity contribution < 1.29 is 27.1 Å². The lowest BCUT2D eigenvalue weighted by Gasteiger charge is -2.24. The number of ether oxygens (including phenoxy) is 1. The summed E-state index contributed by atoms with van der Waals surface area (Å²) >= 11 is 0. The average molecular weight is 300 g/mol. The quantitative estimate of drug-likeness (QED) is 0.807. The summed E-state index contributed by atoms with van der Waals surface area (Å²) in [5.41, 5.74) is -1.12. The molecule has 1 aromatic rings. The predicted octanol–water partition coefficient (Wildman–Crippen LogP) is 3.44. The summed E-state index contributed by atoms with van der Waals surface area (Å²) in [6, 6.07) is 1.33. The Bertz CT molecular complexity index is 478. The highest BCUT2D eigenvalue weighted by atomic mass is 35.5. The van der Waals surface area contributed by atoms with E-state index in [-0.39, 0.29) is 31.0 Å². The molecule has 8 heteroatoms. The molecule has 19 heavy (non-hydrogen) atoms. The van der Waals surface area contributed by atoms with E-state index < -0.39 is 29.7 Å². The van der Waals surface area contributed by atoms with E-state index >= 15 is 0 Å². The molecule has 1 saturated heterocycles. The molecule has 106 valence electrons. The maximum absolute atomic E-state index is 13.5. The van der Waals surface area contributed by atoms with E-state index in [0.29, 0.717) is 12.1 Å². The summed E-state index contributed by atoms with van der Waals surface area (Å²) in [5.74, 6) is -0.782. The summed E-state index contributed by atoms with van der Waals surface area (Å²) in [6.45, 7) is 0.0478. The van der Waals surface area contributed by atoms with Gasteiger partial charge >= 0.3 is 12.3 Å². The first-order valence-electron chi connectivity index (χ1n) is 5.18. The topological polar surface area (TPSA) is 38.3 Å². The molecule has 0 aromatic heterocycles. The second-order valence-corrected chi connectivity index (χ2v) is 3.86. The minimum absolute atomic E-state index is 0. The zero-order valence-corrected chi connectivity index (χ0v) is 10.3. The highest BCUT2D eigenvalue weighted by molar-refractivity contribution is 5.85. The van der Waals surface area contributed by atoms with E-state index in [1.807, 2.05) is 0 Å². The number of benzene rings is 1. The van der Waals surface area contributed by atoms with Crippen molar-refractivity contribution in [2.45, 2.75) is 18.6 Å². The van der Waals surface area contributed by atoms with Gasteiger partial charge in [-0.3, -0.25) is 0 Å². The third-order valence-electron chi connectivity index (χ3n) is 2.63. The molecule has 2 rings (SSSR count). The van der Waals surface area contributed by atoms with Gasteiger partial charge in [0, 0.05) is 12.0 Å². The molecule has 1 atom stereocenters. The monoisotopic (exact) mass is 299 g/mol. The molecule has 0 saturated carbocycles. The molecule has 1 heterocycles. The van der Waals surface area contributed by atoms with Crippen LogP contribution in [-0.2, 0) is 10.9 Å². The SMILES string of the molecule is Cl.O=C1N[C@@H](c2cc(C(F)(F)F)ccc2F)CCO1. The fraction of sp³-hybridized carbons (Fsp3) is 0.364. The van der Waals surface area contributed by atoms with Gasteiger partial charge in [-0.2, -0.15) is 13.2 Å². The molecule has 1 aliphatic rings. The lowest BCUT2D eigenvalue weighted by molar-refractivity contribution is -0.137. The van der Waals surface area contributed by atoms with Crippen LogP contribution in [0.2, 0.25) is 0 Å². The summed E-state index contributed by atoms with van der Waals surface area (Å²) in [6.07, 6.45) is -5.08. The number of alkyl halides is 3. The largest absolute Gasteiger partial charge is 0.449 e. The molecule has 0 unspecified atom stereocenters. The average Bonchev–Trinajstić information content (AvgIpc) is 2.28. The zero-order valence-electron chi connectivity index (χ0n) is 9.46. The van der Waals surface area contributed by atoms with Crippen LogP contribution >= 0.6 is 12.4 Å². The number of amides is 1. The van der Waals surface area contributed by atoms with Crippen LogP contribution in [0.3, 0.4) is 0 Å². The van der Waals surface area contributed by atoms with Crippen molar-refractivity contribution in [1.29, 1.82) is 0 Å². The third-order valence-corrected chi connectivity index (χ3v) is 2.63. The van der Waals surface area contributed by atoms with Gasteiger partial charge in [-0.05, 0) is 18.2 Å². The van der Waals surface area contributed by atoms with Crippen LogP contribution in [0.15, 0.2) is 18.2 Å². The first-order valence-corrected chi connectivity index (χ1v) is 5.18. The lowest BCUT2D eigenvalue weighted by Crippen LogP contribution is -2.35. The van der Waals surface area contributed by atoms with Gasteiger partial charge in [-0.1, -0.05) is 0 Å². The maximum Gasteiger partial charge on any atom is 0.416 e. The van der Waals surface area contributed by atoms with E-state index in [4.69, 9.17) is 0 Å². The van der Waals surface area contributed by atoms with Crippen molar-refractivity contribution in [1.82, 2.24) is 5.32 Å². The van der Waals surface area contributed by atoms with Crippen molar-refractivity contribution in [2.75, 3.05) is 6.61 Å². The Hall–Kier alpha value is -1.50. The Kier molecular flexibility index (Phi) is 4.62. The van der Waals surface area contributed by atoms with Crippen molar-refractivity contribution in [3.05, 3.63) is 35.1 Å².